The fraction of sp³-hybridized carbons (Fsp3) is 0.316. The second-order valence-electron chi connectivity index (χ2n) is 5.49. The quantitative estimate of drug-likeness (QED) is 0.756. The van der Waals surface area contributed by atoms with Gasteiger partial charge in [-0.3, -0.25) is 4.79 Å². The molecule has 0 bridgehead atoms. The lowest BCUT2D eigenvalue weighted by atomic mass is 10.1. The molecule has 0 spiro atoms. The maximum absolute atomic E-state index is 13.6. The minimum absolute atomic E-state index is 0.336. The summed E-state index contributed by atoms with van der Waals surface area (Å²) in [5, 5.41) is 2.67. The van der Waals surface area contributed by atoms with Gasteiger partial charge in [0.15, 0.2) is 11.5 Å². The zero-order valence-electron chi connectivity index (χ0n) is 14.2. The SMILES string of the molecule is CCCCOc1ccc(C(=O)Nc2ccc(C)c(F)c2)cc1OC. The van der Waals surface area contributed by atoms with E-state index in [0.29, 0.717) is 34.9 Å². The number of carbonyl (C=O) groups excluding carboxylic acids is 1. The molecule has 2 aromatic rings. The maximum Gasteiger partial charge on any atom is 0.255 e. The second-order valence-corrected chi connectivity index (χ2v) is 5.49. The van der Waals surface area contributed by atoms with E-state index >= 15 is 0 Å². The first kappa shape index (κ1) is 17.8. The van der Waals surface area contributed by atoms with E-state index in [4.69, 9.17) is 9.47 Å². The number of methoxy groups -OCH3 is 1. The van der Waals surface area contributed by atoms with Gasteiger partial charge in [0.2, 0.25) is 0 Å². The highest BCUT2D eigenvalue weighted by Gasteiger charge is 2.12. The molecule has 0 aliphatic rings. The van der Waals surface area contributed by atoms with Crippen LogP contribution in [0, 0.1) is 12.7 Å². The van der Waals surface area contributed by atoms with Crippen LogP contribution < -0.4 is 14.8 Å². The third kappa shape index (κ3) is 4.47. The zero-order valence-corrected chi connectivity index (χ0v) is 14.2. The summed E-state index contributed by atoms with van der Waals surface area (Å²) in [6.07, 6.45) is 1.99. The van der Waals surface area contributed by atoms with Crippen molar-refractivity contribution in [3.8, 4) is 11.5 Å². The van der Waals surface area contributed by atoms with Gasteiger partial charge in [0.05, 0.1) is 13.7 Å². The fourth-order valence-corrected chi connectivity index (χ4v) is 2.13. The molecule has 5 heteroatoms. The number of unbranched alkanes of at least 4 members (excludes halogenated alkanes) is 1. The largest absolute Gasteiger partial charge is 0.493 e. The molecule has 0 fully saturated rings. The number of anilines is 1. The fourth-order valence-electron chi connectivity index (χ4n) is 2.13. The molecule has 0 aromatic heterocycles. The highest BCUT2D eigenvalue weighted by atomic mass is 19.1. The van der Waals surface area contributed by atoms with Crippen molar-refractivity contribution in [3.63, 3.8) is 0 Å². The summed E-state index contributed by atoms with van der Waals surface area (Å²) < 4.78 is 24.5. The van der Waals surface area contributed by atoms with Crippen LogP contribution in [0.2, 0.25) is 0 Å². The zero-order chi connectivity index (χ0) is 17.5. The summed E-state index contributed by atoms with van der Waals surface area (Å²) in [7, 11) is 1.53. The summed E-state index contributed by atoms with van der Waals surface area (Å²) in [4.78, 5) is 12.3. The Bertz CT molecular complexity index is 716. The summed E-state index contributed by atoms with van der Waals surface area (Å²) in [6, 6.07) is 9.56. The van der Waals surface area contributed by atoms with Crippen LogP contribution in [0.1, 0.15) is 35.7 Å². The van der Waals surface area contributed by atoms with Gasteiger partial charge in [-0.25, -0.2) is 4.39 Å². The van der Waals surface area contributed by atoms with Crippen molar-refractivity contribution in [2.75, 3.05) is 19.0 Å². The molecule has 0 unspecified atom stereocenters. The Hall–Kier alpha value is -2.56. The van der Waals surface area contributed by atoms with Crippen molar-refractivity contribution in [1.82, 2.24) is 0 Å². The first-order chi connectivity index (χ1) is 11.5. The number of rotatable bonds is 7. The summed E-state index contributed by atoms with van der Waals surface area (Å²) in [5.74, 6) is 0.402. The highest BCUT2D eigenvalue weighted by Crippen LogP contribution is 2.28. The highest BCUT2D eigenvalue weighted by molar-refractivity contribution is 6.04. The number of ether oxygens (including phenoxy) is 2. The molecule has 0 saturated carbocycles. The van der Waals surface area contributed by atoms with Gasteiger partial charge in [-0.15, -0.1) is 0 Å². The molecule has 24 heavy (non-hydrogen) atoms. The monoisotopic (exact) mass is 331 g/mol. The number of hydrogen-bond donors (Lipinski definition) is 1. The Labute approximate surface area is 141 Å². The lowest BCUT2D eigenvalue weighted by Gasteiger charge is -2.12. The van der Waals surface area contributed by atoms with Crippen molar-refractivity contribution in [1.29, 1.82) is 0 Å². The Kier molecular flexibility index (Phi) is 6.18. The van der Waals surface area contributed by atoms with Gasteiger partial charge in [-0.05, 0) is 49.2 Å². The number of carbonyl (C=O) groups is 1. The molecule has 2 rings (SSSR count). The molecule has 0 saturated heterocycles. The summed E-state index contributed by atoms with van der Waals surface area (Å²) in [6.45, 7) is 4.35. The van der Waals surface area contributed by atoms with Gasteiger partial charge in [0, 0.05) is 11.3 Å². The number of nitrogens with one attached hydrogen (secondary N) is 1. The lowest BCUT2D eigenvalue weighted by molar-refractivity contribution is 0.102. The average Bonchev–Trinajstić information content (AvgIpc) is 2.58. The molecule has 0 heterocycles. The molecule has 0 aliphatic carbocycles. The van der Waals surface area contributed by atoms with Gasteiger partial charge >= 0.3 is 0 Å². The van der Waals surface area contributed by atoms with E-state index in [-0.39, 0.29) is 11.7 Å². The number of hydrogen-bond acceptors (Lipinski definition) is 3. The molecule has 1 N–H and O–H groups in total. The van der Waals surface area contributed by atoms with E-state index in [9.17, 15) is 9.18 Å². The minimum atomic E-state index is -0.356. The standard InChI is InChI=1S/C19H22FNO3/c1-4-5-10-24-17-9-7-14(11-18(17)23-3)19(22)21-15-8-6-13(2)16(20)12-15/h6-9,11-12H,4-5,10H2,1-3H3,(H,21,22). The Morgan fingerprint density at radius 2 is 1.96 bits per heavy atom. The molecule has 1 amide bonds. The van der Waals surface area contributed by atoms with Crippen molar-refractivity contribution >= 4 is 11.6 Å². The molecule has 4 nitrogen and oxygen atoms in total. The van der Waals surface area contributed by atoms with Crippen molar-refractivity contribution < 1.29 is 18.7 Å². The number of benzene rings is 2. The normalized spacial score (nSPS) is 10.3. The van der Waals surface area contributed by atoms with Crippen LogP contribution in [0.3, 0.4) is 0 Å². The van der Waals surface area contributed by atoms with E-state index in [0.717, 1.165) is 12.8 Å². The van der Waals surface area contributed by atoms with Gasteiger partial charge in [-0.2, -0.15) is 0 Å². The topological polar surface area (TPSA) is 47.6 Å². The Morgan fingerprint density at radius 3 is 2.62 bits per heavy atom. The smallest absolute Gasteiger partial charge is 0.255 e. The van der Waals surface area contributed by atoms with Crippen LogP contribution in [0.5, 0.6) is 11.5 Å². The van der Waals surface area contributed by atoms with Gasteiger partial charge in [0.25, 0.3) is 5.91 Å². The lowest BCUT2D eigenvalue weighted by Crippen LogP contribution is -2.12. The summed E-state index contributed by atoms with van der Waals surface area (Å²) in [5.41, 5.74) is 1.35. The van der Waals surface area contributed by atoms with E-state index in [1.54, 1.807) is 37.3 Å². The average molecular weight is 331 g/mol. The minimum Gasteiger partial charge on any atom is -0.493 e. The molecule has 0 aliphatic heterocycles. The number of amides is 1. The van der Waals surface area contributed by atoms with E-state index in [1.807, 2.05) is 0 Å². The van der Waals surface area contributed by atoms with Crippen LogP contribution in [0.15, 0.2) is 36.4 Å². The van der Waals surface area contributed by atoms with Crippen LogP contribution in [-0.2, 0) is 0 Å². The molecule has 0 radical (unpaired) electrons. The van der Waals surface area contributed by atoms with Gasteiger partial charge < -0.3 is 14.8 Å². The molecular formula is C19H22FNO3. The molecular weight excluding hydrogens is 309 g/mol. The van der Waals surface area contributed by atoms with Crippen LogP contribution in [-0.4, -0.2) is 19.6 Å². The van der Waals surface area contributed by atoms with E-state index in [1.165, 1.54) is 13.2 Å². The van der Waals surface area contributed by atoms with Gasteiger partial charge in [0.1, 0.15) is 5.82 Å². The van der Waals surface area contributed by atoms with Crippen LogP contribution >= 0.6 is 0 Å². The van der Waals surface area contributed by atoms with Gasteiger partial charge in [-0.1, -0.05) is 19.4 Å². The van der Waals surface area contributed by atoms with E-state index < -0.39 is 0 Å². The Balaban J connectivity index is 2.12. The van der Waals surface area contributed by atoms with Crippen molar-refractivity contribution in [2.45, 2.75) is 26.7 Å². The predicted octanol–water partition coefficient (Wildman–Crippen LogP) is 4.57. The van der Waals surface area contributed by atoms with Crippen LogP contribution in [0.25, 0.3) is 0 Å². The third-order valence-electron chi connectivity index (χ3n) is 3.61. The molecule has 2 aromatic carbocycles. The number of halogens is 1. The Morgan fingerprint density at radius 1 is 1.17 bits per heavy atom. The predicted molar refractivity (Wildman–Crippen MR) is 92.5 cm³/mol. The maximum atomic E-state index is 13.6. The first-order valence-electron chi connectivity index (χ1n) is 7.93. The van der Waals surface area contributed by atoms with E-state index in [2.05, 4.69) is 12.2 Å². The number of aryl methyl sites for hydroxylation is 1. The second kappa shape index (κ2) is 8.34. The van der Waals surface area contributed by atoms with Crippen LogP contribution in [0.4, 0.5) is 10.1 Å². The molecule has 128 valence electrons. The van der Waals surface area contributed by atoms with Crippen molar-refractivity contribution in [3.05, 3.63) is 53.3 Å². The third-order valence-corrected chi connectivity index (χ3v) is 3.61. The molecule has 0 atom stereocenters. The van der Waals surface area contributed by atoms with Crippen molar-refractivity contribution in [2.24, 2.45) is 0 Å². The summed E-state index contributed by atoms with van der Waals surface area (Å²) >= 11 is 0. The first-order valence-corrected chi connectivity index (χ1v) is 7.93.